The summed E-state index contributed by atoms with van der Waals surface area (Å²) in [7, 11) is 3.05. The molecule has 0 atom stereocenters. The van der Waals surface area contributed by atoms with Crippen molar-refractivity contribution in [2.45, 2.75) is 6.92 Å². The van der Waals surface area contributed by atoms with Crippen LogP contribution in [0.4, 0.5) is 5.69 Å². The lowest BCUT2D eigenvalue weighted by molar-refractivity contribution is 0.0960. The van der Waals surface area contributed by atoms with Gasteiger partial charge in [0.2, 0.25) is 0 Å². The number of anilines is 1. The second-order valence-corrected chi connectivity index (χ2v) is 5.84. The molecule has 1 aromatic heterocycles. The van der Waals surface area contributed by atoms with Crippen LogP contribution in [0.5, 0.6) is 5.75 Å². The van der Waals surface area contributed by atoms with E-state index in [2.05, 4.69) is 15.7 Å². The molecule has 1 heterocycles. The average molecular weight is 364 g/mol. The normalized spacial score (nSPS) is 10.3. The van der Waals surface area contributed by atoms with E-state index in [1.54, 1.807) is 43.0 Å². The molecule has 138 valence electrons. The van der Waals surface area contributed by atoms with E-state index < -0.39 is 5.91 Å². The zero-order valence-corrected chi connectivity index (χ0v) is 15.3. The molecular weight excluding hydrogens is 344 g/mol. The number of hydrogen-bond acceptors (Lipinski definition) is 4. The Morgan fingerprint density at radius 3 is 2.44 bits per heavy atom. The van der Waals surface area contributed by atoms with Crippen molar-refractivity contribution < 1.29 is 14.3 Å². The Labute approximate surface area is 157 Å². The third-order valence-corrected chi connectivity index (χ3v) is 4.19. The Morgan fingerprint density at radius 1 is 1.04 bits per heavy atom. The van der Waals surface area contributed by atoms with Gasteiger partial charge in [0, 0.05) is 18.3 Å². The van der Waals surface area contributed by atoms with Crippen molar-refractivity contribution in [2.75, 3.05) is 19.5 Å². The zero-order valence-electron chi connectivity index (χ0n) is 15.3. The summed E-state index contributed by atoms with van der Waals surface area (Å²) in [6.45, 7) is 1.78. The Kier molecular flexibility index (Phi) is 5.21. The number of carbonyl (C=O) groups is 2. The largest absolute Gasteiger partial charge is 0.493 e. The molecule has 0 aliphatic heterocycles. The molecule has 2 amide bonds. The maximum atomic E-state index is 12.8. The second kappa shape index (κ2) is 7.74. The molecule has 27 heavy (non-hydrogen) atoms. The van der Waals surface area contributed by atoms with Gasteiger partial charge in [-0.25, -0.2) is 4.68 Å². The predicted octanol–water partition coefficient (Wildman–Crippen LogP) is 2.80. The fourth-order valence-electron chi connectivity index (χ4n) is 2.71. The van der Waals surface area contributed by atoms with Crippen LogP contribution >= 0.6 is 0 Å². The van der Waals surface area contributed by atoms with Gasteiger partial charge in [0.15, 0.2) is 11.4 Å². The van der Waals surface area contributed by atoms with Crippen LogP contribution in [0.15, 0.2) is 54.7 Å². The summed E-state index contributed by atoms with van der Waals surface area (Å²) in [5.74, 6) is -0.273. The number of amides is 2. The molecule has 0 aliphatic carbocycles. The third-order valence-electron chi connectivity index (χ3n) is 4.19. The van der Waals surface area contributed by atoms with Gasteiger partial charge in [-0.15, -0.1) is 0 Å². The van der Waals surface area contributed by atoms with Crippen molar-refractivity contribution in [3.8, 4) is 11.4 Å². The summed E-state index contributed by atoms with van der Waals surface area (Å²) in [4.78, 5) is 24.7. The zero-order chi connectivity index (χ0) is 19.4. The number of benzene rings is 2. The fourth-order valence-corrected chi connectivity index (χ4v) is 2.71. The number of rotatable bonds is 5. The van der Waals surface area contributed by atoms with Gasteiger partial charge in [-0.3, -0.25) is 9.59 Å². The van der Waals surface area contributed by atoms with E-state index >= 15 is 0 Å². The van der Waals surface area contributed by atoms with Crippen LogP contribution in [0.25, 0.3) is 5.69 Å². The van der Waals surface area contributed by atoms with E-state index in [0.717, 1.165) is 5.69 Å². The second-order valence-electron chi connectivity index (χ2n) is 5.84. The molecule has 0 unspecified atom stereocenters. The highest BCUT2D eigenvalue weighted by atomic mass is 16.5. The molecular formula is C20H20N4O3. The van der Waals surface area contributed by atoms with Crippen molar-refractivity contribution in [1.82, 2.24) is 15.1 Å². The first-order chi connectivity index (χ1) is 13.0. The molecule has 3 aromatic rings. The standard InChI is InChI=1S/C20H20N4O3/c1-13-15(19(25)21-2)10-7-11-16(13)22-20(26)18-17(27-3)12-24(23-18)14-8-5-4-6-9-14/h4-12H,1-3H3,(H,21,25)(H,22,26). The molecule has 3 rings (SSSR count). The molecule has 7 nitrogen and oxygen atoms in total. The molecule has 0 fully saturated rings. The number of methoxy groups -OCH3 is 1. The Balaban J connectivity index is 1.91. The van der Waals surface area contributed by atoms with Gasteiger partial charge in [-0.1, -0.05) is 24.3 Å². The van der Waals surface area contributed by atoms with Gasteiger partial charge < -0.3 is 15.4 Å². The van der Waals surface area contributed by atoms with Crippen LogP contribution in [-0.4, -0.2) is 35.8 Å². The van der Waals surface area contributed by atoms with E-state index in [1.807, 2.05) is 30.3 Å². The van der Waals surface area contributed by atoms with Crippen molar-refractivity contribution in [3.63, 3.8) is 0 Å². The van der Waals surface area contributed by atoms with E-state index in [4.69, 9.17) is 4.74 Å². The van der Waals surface area contributed by atoms with Crippen LogP contribution in [0.3, 0.4) is 0 Å². The van der Waals surface area contributed by atoms with Crippen LogP contribution in [0, 0.1) is 6.92 Å². The lowest BCUT2D eigenvalue weighted by atomic mass is 10.1. The molecule has 0 radical (unpaired) electrons. The number of para-hydroxylation sites is 1. The van der Waals surface area contributed by atoms with E-state index in [-0.39, 0.29) is 11.6 Å². The molecule has 0 bridgehead atoms. The average Bonchev–Trinajstić information content (AvgIpc) is 3.14. The minimum atomic E-state index is -0.418. The highest BCUT2D eigenvalue weighted by Gasteiger charge is 2.20. The molecule has 0 spiro atoms. The molecule has 7 heteroatoms. The predicted molar refractivity (Wildman–Crippen MR) is 103 cm³/mol. The van der Waals surface area contributed by atoms with E-state index in [0.29, 0.717) is 22.6 Å². The minimum absolute atomic E-state index is 0.158. The lowest BCUT2D eigenvalue weighted by Crippen LogP contribution is -2.20. The number of hydrogen-bond donors (Lipinski definition) is 2. The number of nitrogens with zero attached hydrogens (tertiary/aromatic N) is 2. The third kappa shape index (κ3) is 3.67. The van der Waals surface area contributed by atoms with E-state index in [1.165, 1.54) is 7.11 Å². The van der Waals surface area contributed by atoms with E-state index in [9.17, 15) is 9.59 Å². The number of nitrogens with one attached hydrogen (secondary N) is 2. The van der Waals surface area contributed by atoms with Gasteiger partial charge in [-0.2, -0.15) is 5.10 Å². The van der Waals surface area contributed by atoms with Crippen LogP contribution in [-0.2, 0) is 0 Å². The lowest BCUT2D eigenvalue weighted by Gasteiger charge is -2.11. The van der Waals surface area contributed by atoms with Crippen LogP contribution in [0.1, 0.15) is 26.4 Å². The Bertz CT molecular complexity index is 980. The topological polar surface area (TPSA) is 85.3 Å². The summed E-state index contributed by atoms with van der Waals surface area (Å²) in [6.07, 6.45) is 1.65. The van der Waals surface area contributed by atoms with Gasteiger partial charge in [0.05, 0.1) is 19.0 Å². The summed E-state index contributed by atoms with van der Waals surface area (Å²) in [5, 5.41) is 9.75. The monoisotopic (exact) mass is 364 g/mol. The number of aromatic nitrogens is 2. The first-order valence-corrected chi connectivity index (χ1v) is 8.37. The number of carbonyl (C=O) groups excluding carboxylic acids is 2. The minimum Gasteiger partial charge on any atom is -0.493 e. The first-order valence-electron chi connectivity index (χ1n) is 8.37. The quantitative estimate of drug-likeness (QED) is 0.729. The highest BCUT2D eigenvalue weighted by molar-refractivity contribution is 6.06. The van der Waals surface area contributed by atoms with Crippen LogP contribution in [0.2, 0.25) is 0 Å². The molecule has 0 saturated heterocycles. The Hall–Kier alpha value is -3.61. The first kappa shape index (κ1) is 18.2. The van der Waals surface area contributed by atoms with Crippen molar-refractivity contribution >= 4 is 17.5 Å². The van der Waals surface area contributed by atoms with Gasteiger partial charge >= 0.3 is 0 Å². The molecule has 2 N–H and O–H groups in total. The fraction of sp³-hybridized carbons (Fsp3) is 0.150. The van der Waals surface area contributed by atoms with Gasteiger partial charge in [-0.05, 0) is 36.8 Å². The smallest absolute Gasteiger partial charge is 0.280 e. The van der Waals surface area contributed by atoms with Gasteiger partial charge in [0.25, 0.3) is 11.8 Å². The summed E-state index contributed by atoms with van der Waals surface area (Å²) >= 11 is 0. The number of ether oxygens (including phenoxy) is 1. The van der Waals surface area contributed by atoms with Crippen molar-refractivity contribution in [2.24, 2.45) is 0 Å². The van der Waals surface area contributed by atoms with Gasteiger partial charge in [0.1, 0.15) is 0 Å². The molecule has 2 aromatic carbocycles. The maximum absolute atomic E-state index is 12.8. The van der Waals surface area contributed by atoms with Crippen molar-refractivity contribution in [1.29, 1.82) is 0 Å². The maximum Gasteiger partial charge on any atom is 0.280 e. The Morgan fingerprint density at radius 2 is 1.78 bits per heavy atom. The van der Waals surface area contributed by atoms with Crippen LogP contribution < -0.4 is 15.4 Å². The molecule has 0 aliphatic rings. The summed E-state index contributed by atoms with van der Waals surface area (Å²) in [6, 6.07) is 14.6. The summed E-state index contributed by atoms with van der Waals surface area (Å²) < 4.78 is 6.89. The summed E-state index contributed by atoms with van der Waals surface area (Å²) in [5.41, 5.74) is 2.68. The SMILES string of the molecule is CNC(=O)c1cccc(NC(=O)c2nn(-c3ccccc3)cc2OC)c1C. The highest BCUT2D eigenvalue weighted by Crippen LogP contribution is 2.23. The van der Waals surface area contributed by atoms with Crippen molar-refractivity contribution in [3.05, 3.63) is 71.5 Å². The molecule has 0 saturated carbocycles.